The quantitative estimate of drug-likeness (QED) is 0.673. The standard InChI is InChI=1S/C13H21N3O3S/c1-4-15-12(17)7-8-16-20(18,19)13-9(2)5-6-11(14)10(13)3/h5-6,16H,4,7-8,14H2,1-3H3,(H,15,17). The van der Waals surface area contributed by atoms with E-state index in [1.807, 2.05) is 6.92 Å². The number of nitrogens with one attached hydrogen (secondary N) is 2. The molecule has 0 aliphatic rings. The fraction of sp³-hybridized carbons (Fsp3) is 0.462. The zero-order chi connectivity index (χ0) is 15.3. The van der Waals surface area contributed by atoms with Gasteiger partial charge in [0.25, 0.3) is 0 Å². The van der Waals surface area contributed by atoms with Crippen molar-refractivity contribution in [3.05, 3.63) is 23.3 Å². The third kappa shape index (κ3) is 3.94. The zero-order valence-electron chi connectivity index (χ0n) is 12.0. The van der Waals surface area contributed by atoms with Crippen molar-refractivity contribution >= 4 is 21.6 Å². The van der Waals surface area contributed by atoms with Gasteiger partial charge in [0.05, 0.1) is 4.90 Å². The van der Waals surface area contributed by atoms with E-state index in [9.17, 15) is 13.2 Å². The van der Waals surface area contributed by atoms with Gasteiger partial charge < -0.3 is 11.1 Å². The zero-order valence-corrected chi connectivity index (χ0v) is 12.8. The Kier molecular flexibility index (Phi) is 5.52. The third-order valence-corrected chi connectivity index (χ3v) is 4.68. The normalized spacial score (nSPS) is 11.3. The highest BCUT2D eigenvalue weighted by atomic mass is 32.2. The van der Waals surface area contributed by atoms with Crippen LogP contribution in [-0.2, 0) is 14.8 Å². The number of amides is 1. The van der Waals surface area contributed by atoms with Crippen LogP contribution in [0.2, 0.25) is 0 Å². The Morgan fingerprint density at radius 1 is 1.30 bits per heavy atom. The van der Waals surface area contributed by atoms with Gasteiger partial charge in [-0.25, -0.2) is 13.1 Å². The molecule has 0 saturated heterocycles. The number of sulfonamides is 1. The predicted octanol–water partition coefficient (Wildman–Crippen LogP) is 0.690. The highest BCUT2D eigenvalue weighted by Crippen LogP contribution is 2.24. The maximum atomic E-state index is 12.3. The lowest BCUT2D eigenvalue weighted by molar-refractivity contribution is -0.120. The van der Waals surface area contributed by atoms with E-state index in [1.165, 1.54) is 0 Å². The van der Waals surface area contributed by atoms with Crippen LogP contribution >= 0.6 is 0 Å². The van der Waals surface area contributed by atoms with Crippen molar-refractivity contribution < 1.29 is 13.2 Å². The van der Waals surface area contributed by atoms with Crippen LogP contribution in [0.1, 0.15) is 24.5 Å². The second kappa shape index (κ2) is 6.71. The molecule has 1 aromatic rings. The van der Waals surface area contributed by atoms with E-state index in [0.717, 1.165) is 0 Å². The number of aryl methyl sites for hydroxylation is 1. The van der Waals surface area contributed by atoms with Gasteiger partial charge in [-0.3, -0.25) is 4.79 Å². The van der Waals surface area contributed by atoms with Gasteiger partial charge in [0.15, 0.2) is 0 Å². The lowest BCUT2D eigenvalue weighted by Crippen LogP contribution is -2.31. The second-order valence-corrected chi connectivity index (χ2v) is 6.23. The Hall–Kier alpha value is -1.60. The van der Waals surface area contributed by atoms with Gasteiger partial charge in [-0.1, -0.05) is 6.07 Å². The van der Waals surface area contributed by atoms with E-state index < -0.39 is 10.0 Å². The Balaban J connectivity index is 2.85. The van der Waals surface area contributed by atoms with Crippen molar-refractivity contribution in [2.75, 3.05) is 18.8 Å². The van der Waals surface area contributed by atoms with Crippen LogP contribution in [0.15, 0.2) is 17.0 Å². The first-order valence-corrected chi connectivity index (χ1v) is 7.90. The molecule has 1 aromatic carbocycles. The van der Waals surface area contributed by atoms with E-state index in [2.05, 4.69) is 10.0 Å². The summed E-state index contributed by atoms with van der Waals surface area (Å²) in [6, 6.07) is 3.35. The van der Waals surface area contributed by atoms with E-state index in [0.29, 0.717) is 23.4 Å². The van der Waals surface area contributed by atoms with Crippen molar-refractivity contribution in [1.82, 2.24) is 10.0 Å². The lowest BCUT2D eigenvalue weighted by Gasteiger charge is -2.13. The third-order valence-electron chi connectivity index (χ3n) is 2.93. The first-order valence-electron chi connectivity index (χ1n) is 6.41. The minimum absolute atomic E-state index is 0.0574. The molecular formula is C13H21N3O3S. The maximum absolute atomic E-state index is 12.3. The predicted molar refractivity (Wildman–Crippen MR) is 78.8 cm³/mol. The van der Waals surface area contributed by atoms with Gasteiger partial charge in [-0.05, 0) is 38.0 Å². The summed E-state index contributed by atoms with van der Waals surface area (Å²) in [6.45, 7) is 5.77. The van der Waals surface area contributed by atoms with Gasteiger partial charge in [-0.15, -0.1) is 0 Å². The van der Waals surface area contributed by atoms with Gasteiger partial charge in [-0.2, -0.15) is 0 Å². The number of benzene rings is 1. The molecule has 0 spiro atoms. The largest absolute Gasteiger partial charge is 0.398 e. The Labute approximate surface area is 119 Å². The molecule has 1 amide bonds. The van der Waals surface area contributed by atoms with Gasteiger partial charge >= 0.3 is 0 Å². The lowest BCUT2D eigenvalue weighted by atomic mass is 10.1. The monoisotopic (exact) mass is 299 g/mol. The number of rotatable bonds is 6. The Morgan fingerprint density at radius 3 is 2.55 bits per heavy atom. The molecule has 0 radical (unpaired) electrons. The number of hydrogen-bond donors (Lipinski definition) is 3. The highest BCUT2D eigenvalue weighted by Gasteiger charge is 2.20. The van der Waals surface area contributed by atoms with E-state index >= 15 is 0 Å². The van der Waals surface area contributed by atoms with E-state index in [4.69, 9.17) is 5.73 Å². The smallest absolute Gasteiger partial charge is 0.241 e. The summed E-state index contributed by atoms with van der Waals surface area (Å²) in [7, 11) is -3.66. The van der Waals surface area contributed by atoms with Crippen LogP contribution in [0.3, 0.4) is 0 Å². The Morgan fingerprint density at radius 2 is 1.95 bits per heavy atom. The van der Waals surface area contributed by atoms with Crippen molar-refractivity contribution in [2.45, 2.75) is 32.1 Å². The SMILES string of the molecule is CCNC(=O)CCNS(=O)(=O)c1c(C)ccc(N)c1C. The van der Waals surface area contributed by atoms with Crippen LogP contribution < -0.4 is 15.8 Å². The van der Waals surface area contributed by atoms with Crippen LogP contribution in [0, 0.1) is 13.8 Å². The molecule has 0 aliphatic heterocycles. The average molecular weight is 299 g/mol. The minimum Gasteiger partial charge on any atom is -0.398 e. The number of anilines is 1. The molecule has 0 saturated carbocycles. The molecule has 0 aromatic heterocycles. The summed E-state index contributed by atoms with van der Waals surface area (Å²) in [5.41, 5.74) is 7.33. The van der Waals surface area contributed by atoms with Crippen molar-refractivity contribution in [1.29, 1.82) is 0 Å². The van der Waals surface area contributed by atoms with Crippen LogP contribution in [0.25, 0.3) is 0 Å². The fourth-order valence-electron chi connectivity index (χ4n) is 1.91. The fourth-order valence-corrected chi connectivity index (χ4v) is 3.44. The number of carbonyl (C=O) groups excluding carboxylic acids is 1. The number of carbonyl (C=O) groups is 1. The van der Waals surface area contributed by atoms with Gasteiger partial charge in [0, 0.05) is 25.2 Å². The summed E-state index contributed by atoms with van der Waals surface area (Å²) >= 11 is 0. The molecular weight excluding hydrogens is 278 g/mol. The molecule has 7 heteroatoms. The topological polar surface area (TPSA) is 101 Å². The van der Waals surface area contributed by atoms with Crippen LogP contribution in [0.5, 0.6) is 0 Å². The maximum Gasteiger partial charge on any atom is 0.241 e. The van der Waals surface area contributed by atoms with Crippen molar-refractivity contribution in [3.8, 4) is 0 Å². The Bertz CT molecular complexity index is 597. The molecule has 0 heterocycles. The second-order valence-electron chi connectivity index (χ2n) is 4.53. The first kappa shape index (κ1) is 16.5. The average Bonchev–Trinajstić information content (AvgIpc) is 2.34. The highest BCUT2D eigenvalue weighted by molar-refractivity contribution is 7.89. The molecule has 1 rings (SSSR count). The van der Waals surface area contributed by atoms with E-state index in [1.54, 1.807) is 26.0 Å². The molecule has 0 bridgehead atoms. The summed E-state index contributed by atoms with van der Waals surface area (Å²) in [6.07, 6.45) is 0.105. The number of nitrogen functional groups attached to an aromatic ring is 1. The summed E-state index contributed by atoms with van der Waals surface area (Å²) in [5, 5.41) is 2.61. The molecule has 0 aliphatic carbocycles. The molecule has 112 valence electrons. The number of nitrogens with two attached hydrogens (primary N) is 1. The van der Waals surface area contributed by atoms with Crippen molar-refractivity contribution in [2.24, 2.45) is 0 Å². The summed E-state index contributed by atoms with van der Waals surface area (Å²) in [5.74, 6) is -0.184. The molecule has 4 N–H and O–H groups in total. The molecule has 0 atom stereocenters. The molecule has 6 nitrogen and oxygen atoms in total. The van der Waals surface area contributed by atoms with Gasteiger partial charge in [0.1, 0.15) is 0 Å². The molecule has 0 fully saturated rings. The van der Waals surface area contributed by atoms with Gasteiger partial charge in [0.2, 0.25) is 15.9 Å². The number of hydrogen-bond acceptors (Lipinski definition) is 4. The molecule has 20 heavy (non-hydrogen) atoms. The van der Waals surface area contributed by atoms with E-state index in [-0.39, 0.29) is 23.8 Å². The first-order chi connectivity index (χ1) is 9.29. The minimum atomic E-state index is -3.66. The van der Waals surface area contributed by atoms with Crippen LogP contribution in [0.4, 0.5) is 5.69 Å². The van der Waals surface area contributed by atoms with Crippen LogP contribution in [-0.4, -0.2) is 27.4 Å². The summed E-state index contributed by atoms with van der Waals surface area (Å²) in [4.78, 5) is 11.5. The van der Waals surface area contributed by atoms with Crippen molar-refractivity contribution in [3.63, 3.8) is 0 Å². The molecule has 0 unspecified atom stereocenters. The summed E-state index contributed by atoms with van der Waals surface area (Å²) < 4.78 is 27.0.